The summed E-state index contributed by atoms with van der Waals surface area (Å²) in [6.45, 7) is 5.39. The lowest BCUT2D eigenvalue weighted by molar-refractivity contribution is 0.181. The predicted molar refractivity (Wildman–Crippen MR) is 67.6 cm³/mol. The van der Waals surface area contributed by atoms with Gasteiger partial charge in [0.05, 0.1) is 0 Å². The summed E-state index contributed by atoms with van der Waals surface area (Å²) in [6, 6.07) is 10.6. The van der Waals surface area contributed by atoms with Crippen LogP contribution in [0.5, 0.6) is 0 Å². The summed E-state index contributed by atoms with van der Waals surface area (Å²) in [4.78, 5) is 2.31. The largest absolute Gasteiger partial charge is 0.300 e. The summed E-state index contributed by atoms with van der Waals surface area (Å²) >= 11 is 5.93. The Morgan fingerprint density at radius 2 is 1.80 bits per heavy atom. The number of alkyl halides is 1. The van der Waals surface area contributed by atoms with Gasteiger partial charge >= 0.3 is 0 Å². The molecule has 2 heteroatoms. The van der Waals surface area contributed by atoms with Gasteiger partial charge < -0.3 is 0 Å². The zero-order valence-corrected chi connectivity index (χ0v) is 10.6. The Bertz CT molecular complexity index is 282. The van der Waals surface area contributed by atoms with E-state index in [1.54, 1.807) is 0 Å². The average molecular weight is 226 g/mol. The standard InChI is InChI=1S/C13H20ClN/c1-13(2,11-14)15(3)10-9-12-7-5-4-6-8-12/h4-8H,9-11H2,1-3H3. The summed E-state index contributed by atoms with van der Waals surface area (Å²) in [5.74, 6) is 0.665. The van der Waals surface area contributed by atoms with E-state index in [4.69, 9.17) is 11.6 Å². The first kappa shape index (κ1) is 12.5. The monoisotopic (exact) mass is 225 g/mol. The van der Waals surface area contributed by atoms with Crippen molar-refractivity contribution in [3.05, 3.63) is 35.9 Å². The molecule has 0 unspecified atom stereocenters. The van der Waals surface area contributed by atoms with Gasteiger partial charge in [0.1, 0.15) is 0 Å². The van der Waals surface area contributed by atoms with Crippen LogP contribution in [0.1, 0.15) is 19.4 Å². The fourth-order valence-corrected chi connectivity index (χ4v) is 1.55. The summed E-state index contributed by atoms with van der Waals surface area (Å²) in [6.07, 6.45) is 1.08. The Morgan fingerprint density at radius 1 is 1.20 bits per heavy atom. The van der Waals surface area contributed by atoms with Gasteiger partial charge in [0.15, 0.2) is 0 Å². The molecule has 0 aliphatic heterocycles. The Hall–Kier alpha value is -0.530. The van der Waals surface area contributed by atoms with Crippen LogP contribution in [0.4, 0.5) is 0 Å². The molecular weight excluding hydrogens is 206 g/mol. The van der Waals surface area contributed by atoms with Gasteiger partial charge in [-0.15, -0.1) is 11.6 Å². The van der Waals surface area contributed by atoms with Crippen LogP contribution < -0.4 is 0 Å². The van der Waals surface area contributed by atoms with Gasteiger partial charge in [0.2, 0.25) is 0 Å². The number of rotatable bonds is 5. The molecule has 0 atom stereocenters. The van der Waals surface area contributed by atoms with Crippen LogP contribution in [0, 0.1) is 0 Å². The molecule has 0 saturated carbocycles. The lowest BCUT2D eigenvalue weighted by Gasteiger charge is -2.33. The first-order valence-corrected chi connectivity index (χ1v) is 5.91. The second kappa shape index (κ2) is 5.53. The van der Waals surface area contributed by atoms with E-state index >= 15 is 0 Å². The molecule has 0 spiro atoms. The van der Waals surface area contributed by atoms with Gasteiger partial charge in [-0.1, -0.05) is 30.3 Å². The molecule has 1 nitrogen and oxygen atoms in total. The van der Waals surface area contributed by atoms with Crippen LogP contribution in [0.25, 0.3) is 0 Å². The summed E-state index contributed by atoms with van der Waals surface area (Å²) in [5.41, 5.74) is 1.46. The Balaban J connectivity index is 2.44. The van der Waals surface area contributed by atoms with Crippen LogP contribution in [-0.2, 0) is 6.42 Å². The summed E-state index contributed by atoms with van der Waals surface area (Å²) in [7, 11) is 2.13. The molecule has 1 aromatic carbocycles. The Morgan fingerprint density at radius 3 is 2.33 bits per heavy atom. The van der Waals surface area contributed by atoms with Gasteiger partial charge in [-0.2, -0.15) is 0 Å². The molecular formula is C13H20ClN. The number of hydrogen-bond donors (Lipinski definition) is 0. The van der Waals surface area contributed by atoms with E-state index < -0.39 is 0 Å². The minimum Gasteiger partial charge on any atom is -0.300 e. The lowest BCUT2D eigenvalue weighted by atomic mass is 10.1. The van der Waals surface area contributed by atoms with Crippen molar-refractivity contribution in [3.8, 4) is 0 Å². The quantitative estimate of drug-likeness (QED) is 0.696. The Kier molecular flexibility index (Phi) is 4.62. The molecule has 0 radical (unpaired) electrons. The first-order valence-electron chi connectivity index (χ1n) is 5.37. The van der Waals surface area contributed by atoms with Gasteiger partial charge in [-0.3, -0.25) is 4.90 Å². The van der Waals surface area contributed by atoms with Crippen LogP contribution in [-0.4, -0.2) is 29.9 Å². The lowest BCUT2D eigenvalue weighted by Crippen LogP contribution is -2.43. The van der Waals surface area contributed by atoms with Crippen molar-refractivity contribution in [1.82, 2.24) is 4.90 Å². The van der Waals surface area contributed by atoms with E-state index in [0.717, 1.165) is 13.0 Å². The third kappa shape index (κ3) is 3.84. The summed E-state index contributed by atoms with van der Waals surface area (Å²) in [5, 5.41) is 0. The molecule has 0 heterocycles. The number of likely N-dealkylation sites (N-methyl/N-ethyl adjacent to an activating group) is 1. The van der Waals surface area contributed by atoms with E-state index in [2.05, 4.69) is 56.1 Å². The smallest absolute Gasteiger partial charge is 0.0402 e. The fourth-order valence-electron chi connectivity index (χ4n) is 1.35. The summed E-state index contributed by atoms with van der Waals surface area (Å²) < 4.78 is 0. The van der Waals surface area contributed by atoms with Crippen molar-refractivity contribution in [2.24, 2.45) is 0 Å². The highest BCUT2D eigenvalue weighted by Gasteiger charge is 2.21. The molecule has 1 rings (SSSR count). The van der Waals surface area contributed by atoms with E-state index in [1.807, 2.05) is 0 Å². The second-order valence-electron chi connectivity index (χ2n) is 4.60. The van der Waals surface area contributed by atoms with Crippen LogP contribution >= 0.6 is 11.6 Å². The zero-order valence-electron chi connectivity index (χ0n) is 9.83. The Labute approximate surface area is 98.0 Å². The second-order valence-corrected chi connectivity index (χ2v) is 4.87. The van der Waals surface area contributed by atoms with Crippen molar-refractivity contribution in [2.75, 3.05) is 19.5 Å². The van der Waals surface area contributed by atoms with E-state index in [9.17, 15) is 0 Å². The molecule has 0 aliphatic carbocycles. The molecule has 15 heavy (non-hydrogen) atoms. The van der Waals surface area contributed by atoms with E-state index in [0.29, 0.717) is 5.88 Å². The van der Waals surface area contributed by atoms with Crippen molar-refractivity contribution < 1.29 is 0 Å². The maximum Gasteiger partial charge on any atom is 0.0402 e. The van der Waals surface area contributed by atoms with E-state index in [1.165, 1.54) is 5.56 Å². The number of hydrogen-bond acceptors (Lipinski definition) is 1. The molecule has 0 aromatic heterocycles. The van der Waals surface area contributed by atoms with Gasteiger partial charge in [-0.25, -0.2) is 0 Å². The molecule has 0 saturated heterocycles. The molecule has 0 bridgehead atoms. The highest BCUT2D eigenvalue weighted by molar-refractivity contribution is 6.18. The third-order valence-corrected chi connectivity index (χ3v) is 3.59. The van der Waals surface area contributed by atoms with Crippen molar-refractivity contribution in [3.63, 3.8) is 0 Å². The van der Waals surface area contributed by atoms with Crippen LogP contribution in [0.3, 0.4) is 0 Å². The van der Waals surface area contributed by atoms with Gasteiger partial charge in [0.25, 0.3) is 0 Å². The van der Waals surface area contributed by atoms with Crippen molar-refractivity contribution in [1.29, 1.82) is 0 Å². The van der Waals surface area contributed by atoms with Crippen molar-refractivity contribution >= 4 is 11.6 Å². The SMILES string of the molecule is CN(CCc1ccccc1)C(C)(C)CCl. The highest BCUT2D eigenvalue weighted by Crippen LogP contribution is 2.14. The number of halogens is 1. The van der Waals surface area contributed by atoms with Gasteiger partial charge in [-0.05, 0) is 32.9 Å². The van der Waals surface area contributed by atoms with Crippen molar-refractivity contribution in [2.45, 2.75) is 25.8 Å². The highest BCUT2D eigenvalue weighted by atomic mass is 35.5. The molecule has 0 aliphatic rings. The average Bonchev–Trinajstić information content (AvgIpc) is 2.27. The molecule has 1 aromatic rings. The predicted octanol–water partition coefficient (Wildman–Crippen LogP) is 3.18. The minimum absolute atomic E-state index is 0.0797. The normalized spacial score (nSPS) is 12.1. The maximum atomic E-state index is 5.93. The maximum absolute atomic E-state index is 5.93. The van der Waals surface area contributed by atoms with E-state index in [-0.39, 0.29) is 5.54 Å². The zero-order chi connectivity index (χ0) is 11.3. The minimum atomic E-state index is 0.0797. The fraction of sp³-hybridized carbons (Fsp3) is 0.538. The third-order valence-electron chi connectivity index (χ3n) is 2.94. The first-order chi connectivity index (χ1) is 7.06. The molecule has 84 valence electrons. The van der Waals surface area contributed by atoms with Crippen LogP contribution in [0.2, 0.25) is 0 Å². The number of benzene rings is 1. The topological polar surface area (TPSA) is 3.24 Å². The number of nitrogens with zero attached hydrogens (tertiary/aromatic N) is 1. The van der Waals surface area contributed by atoms with Crippen LogP contribution in [0.15, 0.2) is 30.3 Å². The molecule has 0 amide bonds. The molecule has 0 fully saturated rings. The van der Waals surface area contributed by atoms with Gasteiger partial charge in [0, 0.05) is 18.0 Å². The molecule has 0 N–H and O–H groups in total.